The molecular formula is C13H12F3N3O2S. The van der Waals surface area contributed by atoms with Crippen LogP contribution in [0.2, 0.25) is 0 Å². The van der Waals surface area contributed by atoms with Gasteiger partial charge in [-0.1, -0.05) is 18.2 Å². The third kappa shape index (κ3) is 2.76. The number of nitrogens with zero attached hydrogens (tertiary/aromatic N) is 3. The molecule has 2 aromatic rings. The predicted octanol–water partition coefficient (Wildman–Crippen LogP) is 3.08. The van der Waals surface area contributed by atoms with Crippen LogP contribution < -0.4 is 4.31 Å². The fraction of sp³-hybridized carbons (Fsp3) is 0.231. The zero-order valence-electron chi connectivity index (χ0n) is 11.7. The average molecular weight is 331 g/mol. The third-order valence-electron chi connectivity index (χ3n) is 2.91. The second kappa shape index (κ2) is 5.56. The maximum absolute atomic E-state index is 13.0. The van der Waals surface area contributed by atoms with Crippen LogP contribution in [0.25, 0.3) is 0 Å². The van der Waals surface area contributed by atoms with Crippen molar-refractivity contribution in [3.8, 4) is 0 Å². The maximum atomic E-state index is 13.0. The lowest BCUT2D eigenvalue weighted by molar-refractivity contribution is -0.0435. The quantitative estimate of drug-likeness (QED) is 0.867. The summed E-state index contributed by atoms with van der Waals surface area (Å²) in [4.78, 5) is 7.59. The standard InChI is InChI=1S/C13H12F3N3O2S/c1-9-12(10(2)18-8-17-9)19(11-6-4-3-5-7-11)22(20,21)13(14,15)16/h3-8H,1-2H3. The van der Waals surface area contributed by atoms with Gasteiger partial charge < -0.3 is 0 Å². The molecule has 0 fully saturated rings. The lowest BCUT2D eigenvalue weighted by Crippen LogP contribution is -2.38. The van der Waals surface area contributed by atoms with E-state index in [1.807, 2.05) is 0 Å². The number of sulfonamides is 1. The van der Waals surface area contributed by atoms with Crippen molar-refractivity contribution in [2.75, 3.05) is 4.31 Å². The molecule has 0 unspecified atom stereocenters. The number of hydrogen-bond acceptors (Lipinski definition) is 4. The summed E-state index contributed by atoms with van der Waals surface area (Å²) in [6.45, 7) is 2.84. The smallest absolute Gasteiger partial charge is 0.239 e. The Hall–Kier alpha value is -2.16. The van der Waals surface area contributed by atoms with Crippen molar-refractivity contribution in [1.29, 1.82) is 0 Å². The van der Waals surface area contributed by atoms with Crippen molar-refractivity contribution in [2.45, 2.75) is 19.4 Å². The molecule has 0 saturated heterocycles. The Kier molecular flexibility index (Phi) is 4.10. The highest BCUT2D eigenvalue weighted by atomic mass is 32.2. The maximum Gasteiger partial charge on any atom is 0.517 e. The van der Waals surface area contributed by atoms with E-state index in [1.54, 1.807) is 6.07 Å². The molecule has 22 heavy (non-hydrogen) atoms. The molecule has 0 spiro atoms. The molecule has 1 aromatic carbocycles. The van der Waals surface area contributed by atoms with Crippen molar-refractivity contribution in [1.82, 2.24) is 9.97 Å². The Morgan fingerprint density at radius 2 is 1.50 bits per heavy atom. The van der Waals surface area contributed by atoms with Crippen LogP contribution in [0.5, 0.6) is 0 Å². The molecule has 0 aliphatic heterocycles. The van der Waals surface area contributed by atoms with Crippen molar-refractivity contribution < 1.29 is 21.6 Å². The van der Waals surface area contributed by atoms with Gasteiger partial charge in [0.2, 0.25) is 0 Å². The Morgan fingerprint density at radius 1 is 1.00 bits per heavy atom. The van der Waals surface area contributed by atoms with E-state index in [1.165, 1.54) is 38.1 Å². The summed E-state index contributed by atoms with van der Waals surface area (Å²) in [6, 6.07) is 7.01. The van der Waals surface area contributed by atoms with Crippen LogP contribution in [0.1, 0.15) is 11.4 Å². The molecule has 1 heterocycles. The number of alkyl halides is 3. The van der Waals surface area contributed by atoms with E-state index in [9.17, 15) is 21.6 Å². The molecule has 2 rings (SSSR count). The highest BCUT2D eigenvalue weighted by Crippen LogP contribution is 2.38. The van der Waals surface area contributed by atoms with Crippen molar-refractivity contribution in [3.63, 3.8) is 0 Å². The van der Waals surface area contributed by atoms with Gasteiger partial charge in [-0.25, -0.2) is 14.3 Å². The number of anilines is 2. The van der Waals surface area contributed by atoms with Gasteiger partial charge in [0.05, 0.1) is 22.8 Å². The van der Waals surface area contributed by atoms with Crippen LogP contribution in [0.15, 0.2) is 36.7 Å². The van der Waals surface area contributed by atoms with Crippen molar-refractivity contribution >= 4 is 21.4 Å². The lowest BCUT2D eigenvalue weighted by atomic mass is 10.2. The molecule has 5 nitrogen and oxygen atoms in total. The van der Waals surface area contributed by atoms with Crippen LogP contribution in [0.4, 0.5) is 24.5 Å². The fourth-order valence-electron chi connectivity index (χ4n) is 1.94. The van der Waals surface area contributed by atoms with Gasteiger partial charge in [-0.3, -0.25) is 0 Å². The molecule has 1 aromatic heterocycles. The van der Waals surface area contributed by atoms with Crippen LogP contribution in [-0.2, 0) is 10.0 Å². The van der Waals surface area contributed by atoms with E-state index < -0.39 is 15.5 Å². The van der Waals surface area contributed by atoms with Gasteiger partial charge in [0.25, 0.3) is 0 Å². The predicted molar refractivity (Wildman–Crippen MR) is 75.1 cm³/mol. The van der Waals surface area contributed by atoms with E-state index in [4.69, 9.17) is 0 Å². The van der Waals surface area contributed by atoms with E-state index >= 15 is 0 Å². The first kappa shape index (κ1) is 16.2. The molecule has 0 atom stereocenters. The van der Waals surface area contributed by atoms with Gasteiger partial charge in [0.1, 0.15) is 6.33 Å². The normalized spacial score (nSPS) is 12.2. The number of aromatic nitrogens is 2. The second-order valence-corrected chi connectivity index (χ2v) is 6.22. The number of halogens is 3. The summed E-state index contributed by atoms with van der Waals surface area (Å²) >= 11 is 0. The Balaban J connectivity index is 2.79. The minimum atomic E-state index is -5.64. The summed E-state index contributed by atoms with van der Waals surface area (Å²) in [5, 5.41) is 0. The zero-order chi connectivity index (χ0) is 16.5. The summed E-state index contributed by atoms with van der Waals surface area (Å²) in [6.07, 6.45) is 1.16. The molecule has 9 heteroatoms. The topological polar surface area (TPSA) is 63.2 Å². The largest absolute Gasteiger partial charge is 0.517 e. The molecule has 0 N–H and O–H groups in total. The Labute approximate surface area is 125 Å². The molecule has 118 valence electrons. The molecule has 0 saturated carbocycles. The summed E-state index contributed by atoms with van der Waals surface area (Å²) in [7, 11) is -5.64. The van der Waals surface area contributed by atoms with Gasteiger partial charge in [-0.15, -0.1) is 0 Å². The summed E-state index contributed by atoms with van der Waals surface area (Å²) < 4.78 is 63.4. The van der Waals surface area contributed by atoms with Gasteiger partial charge >= 0.3 is 15.5 Å². The van der Waals surface area contributed by atoms with Crippen LogP contribution in [0, 0.1) is 13.8 Å². The monoisotopic (exact) mass is 331 g/mol. The molecule has 0 bridgehead atoms. The first-order valence-corrected chi connectivity index (χ1v) is 7.55. The van der Waals surface area contributed by atoms with Crippen molar-refractivity contribution in [2.24, 2.45) is 0 Å². The number of para-hydroxylation sites is 1. The van der Waals surface area contributed by atoms with Gasteiger partial charge in [0.15, 0.2) is 0 Å². The number of rotatable bonds is 3. The zero-order valence-corrected chi connectivity index (χ0v) is 12.5. The number of hydrogen-bond donors (Lipinski definition) is 0. The van der Waals surface area contributed by atoms with Gasteiger partial charge in [-0.2, -0.15) is 21.6 Å². The molecular weight excluding hydrogens is 319 g/mol. The molecule has 0 aliphatic carbocycles. The van der Waals surface area contributed by atoms with E-state index in [-0.39, 0.29) is 27.1 Å². The van der Waals surface area contributed by atoms with Crippen LogP contribution >= 0.6 is 0 Å². The SMILES string of the molecule is Cc1ncnc(C)c1N(c1ccccc1)S(=O)(=O)C(F)(F)F. The highest BCUT2D eigenvalue weighted by molar-refractivity contribution is 7.94. The second-order valence-electron chi connectivity index (χ2n) is 4.44. The third-order valence-corrected chi connectivity index (χ3v) is 4.37. The van der Waals surface area contributed by atoms with E-state index in [2.05, 4.69) is 9.97 Å². The lowest BCUT2D eigenvalue weighted by Gasteiger charge is -2.27. The summed E-state index contributed by atoms with van der Waals surface area (Å²) in [5.41, 5.74) is -5.53. The minimum Gasteiger partial charge on any atom is -0.239 e. The molecule has 0 radical (unpaired) electrons. The van der Waals surface area contributed by atoms with Crippen LogP contribution in [-0.4, -0.2) is 23.9 Å². The molecule has 0 amide bonds. The summed E-state index contributed by atoms with van der Waals surface area (Å²) in [5.74, 6) is 0. The fourth-order valence-corrected chi connectivity index (χ4v) is 3.05. The first-order valence-electron chi connectivity index (χ1n) is 6.11. The average Bonchev–Trinajstić information content (AvgIpc) is 2.42. The minimum absolute atomic E-state index is 0.129. The Bertz CT molecular complexity index is 757. The van der Waals surface area contributed by atoms with Gasteiger partial charge in [-0.05, 0) is 26.0 Å². The highest BCUT2D eigenvalue weighted by Gasteiger charge is 2.51. The molecule has 0 aliphatic rings. The van der Waals surface area contributed by atoms with Gasteiger partial charge in [0, 0.05) is 0 Å². The number of benzene rings is 1. The van der Waals surface area contributed by atoms with E-state index in [0.717, 1.165) is 6.33 Å². The van der Waals surface area contributed by atoms with E-state index in [0.29, 0.717) is 0 Å². The van der Waals surface area contributed by atoms with Crippen LogP contribution in [0.3, 0.4) is 0 Å². The Morgan fingerprint density at radius 3 is 1.95 bits per heavy atom. The van der Waals surface area contributed by atoms with Crippen molar-refractivity contribution in [3.05, 3.63) is 48.0 Å². The number of aryl methyl sites for hydroxylation is 2. The first-order chi connectivity index (χ1) is 10.2.